The van der Waals surface area contributed by atoms with Gasteiger partial charge in [-0.05, 0) is 30.4 Å². The van der Waals surface area contributed by atoms with Crippen LogP contribution in [-0.4, -0.2) is 30.2 Å². The van der Waals surface area contributed by atoms with Crippen molar-refractivity contribution in [2.45, 2.75) is 25.7 Å². The van der Waals surface area contributed by atoms with Gasteiger partial charge in [-0.1, -0.05) is 36.9 Å². The molecule has 3 rings (SSSR count). The second kappa shape index (κ2) is 5.14. The monoisotopic (exact) mass is 283 g/mol. The van der Waals surface area contributed by atoms with Crippen molar-refractivity contribution in [2.24, 2.45) is 11.3 Å². The van der Waals surface area contributed by atoms with Crippen molar-refractivity contribution >= 4 is 17.3 Å². The molecule has 1 saturated carbocycles. The molecule has 0 unspecified atom stereocenters. The lowest BCUT2D eigenvalue weighted by Crippen LogP contribution is -2.54. The van der Waals surface area contributed by atoms with E-state index in [4.69, 9.17) is 0 Å². The number of piperidine rings is 1. The van der Waals surface area contributed by atoms with Crippen molar-refractivity contribution in [2.75, 3.05) is 13.6 Å². The Morgan fingerprint density at radius 3 is 2.62 bits per heavy atom. The number of Topliss-reactive ketones (excluding diaryl/α,β-unsaturated/α-hetero) is 1. The molecule has 2 aliphatic rings. The third-order valence-corrected chi connectivity index (χ3v) is 5.11. The average molecular weight is 283 g/mol. The van der Waals surface area contributed by atoms with Crippen molar-refractivity contribution in [3.8, 4) is 0 Å². The highest BCUT2D eigenvalue weighted by Gasteiger charge is 2.57. The molecule has 1 spiro atoms. The van der Waals surface area contributed by atoms with Crippen LogP contribution in [0.15, 0.2) is 36.9 Å². The summed E-state index contributed by atoms with van der Waals surface area (Å²) in [6, 6.07) is 9.93. The van der Waals surface area contributed by atoms with Crippen molar-refractivity contribution in [1.29, 1.82) is 0 Å². The summed E-state index contributed by atoms with van der Waals surface area (Å²) in [4.78, 5) is 27.1. The Hall–Kier alpha value is -1.90. The predicted octanol–water partition coefficient (Wildman–Crippen LogP) is 2.92. The Morgan fingerprint density at radius 1 is 1.29 bits per heavy atom. The highest BCUT2D eigenvalue weighted by molar-refractivity contribution is 6.09. The van der Waals surface area contributed by atoms with Gasteiger partial charge in [-0.25, -0.2) is 0 Å². The van der Waals surface area contributed by atoms with Gasteiger partial charge in [-0.2, -0.15) is 0 Å². The normalized spacial score (nSPS) is 29.2. The number of rotatable bonds is 2. The average Bonchev–Trinajstić information content (AvgIpc) is 2.88. The van der Waals surface area contributed by atoms with Gasteiger partial charge >= 0.3 is 0 Å². The maximum atomic E-state index is 12.8. The second-order valence-corrected chi connectivity index (χ2v) is 6.21. The minimum atomic E-state index is -0.847. The number of nitrogens with zero attached hydrogens (tertiary/aromatic N) is 1. The molecule has 2 atom stereocenters. The number of carbonyl (C=O) groups is 2. The summed E-state index contributed by atoms with van der Waals surface area (Å²) in [5, 5.41) is 0. The lowest BCUT2D eigenvalue weighted by atomic mass is 9.64. The first-order valence-corrected chi connectivity index (χ1v) is 7.60. The Morgan fingerprint density at radius 2 is 2.00 bits per heavy atom. The van der Waals surface area contributed by atoms with Gasteiger partial charge in [0.2, 0.25) is 5.91 Å². The van der Waals surface area contributed by atoms with Crippen LogP contribution in [0.4, 0.5) is 0 Å². The highest BCUT2D eigenvalue weighted by atomic mass is 16.2. The van der Waals surface area contributed by atoms with Crippen LogP contribution in [0.2, 0.25) is 0 Å². The molecule has 1 saturated heterocycles. The molecule has 0 N–H and O–H groups in total. The molecular weight excluding hydrogens is 262 g/mol. The maximum Gasteiger partial charge on any atom is 0.236 e. The van der Waals surface area contributed by atoms with E-state index in [1.807, 2.05) is 30.3 Å². The third-order valence-electron chi connectivity index (χ3n) is 5.11. The lowest BCUT2D eigenvalue weighted by molar-refractivity contribution is -0.153. The highest BCUT2D eigenvalue weighted by Crippen LogP contribution is 2.51. The summed E-state index contributed by atoms with van der Waals surface area (Å²) in [7, 11) is 1.80. The molecule has 2 fully saturated rings. The van der Waals surface area contributed by atoms with Crippen molar-refractivity contribution in [3.63, 3.8) is 0 Å². The molecule has 1 aliphatic heterocycles. The first-order valence-electron chi connectivity index (χ1n) is 7.60. The third kappa shape index (κ3) is 2.03. The minimum absolute atomic E-state index is 0.00155. The minimum Gasteiger partial charge on any atom is -0.345 e. The molecule has 0 radical (unpaired) electrons. The Kier molecular flexibility index (Phi) is 3.44. The molecule has 0 aromatic heterocycles. The smallest absolute Gasteiger partial charge is 0.236 e. The quantitative estimate of drug-likeness (QED) is 0.783. The Balaban J connectivity index is 2.02. The largest absolute Gasteiger partial charge is 0.345 e. The molecule has 3 heteroatoms. The van der Waals surface area contributed by atoms with Crippen LogP contribution < -0.4 is 0 Å². The summed E-state index contributed by atoms with van der Waals surface area (Å²) in [5.74, 6) is 0.0538. The number of likely N-dealkylation sites (tertiary alicyclic amines) is 1. The van der Waals surface area contributed by atoms with Gasteiger partial charge in [0, 0.05) is 25.9 Å². The zero-order valence-corrected chi connectivity index (χ0v) is 12.5. The molecule has 1 amide bonds. The summed E-state index contributed by atoms with van der Waals surface area (Å²) < 4.78 is 0. The maximum absolute atomic E-state index is 12.8. The zero-order valence-electron chi connectivity index (χ0n) is 12.5. The fourth-order valence-electron chi connectivity index (χ4n) is 3.97. The van der Waals surface area contributed by atoms with E-state index in [1.54, 1.807) is 11.9 Å². The van der Waals surface area contributed by atoms with E-state index < -0.39 is 5.41 Å². The molecule has 1 aliphatic carbocycles. The van der Waals surface area contributed by atoms with E-state index >= 15 is 0 Å². The van der Waals surface area contributed by atoms with Crippen LogP contribution in [-0.2, 0) is 9.59 Å². The van der Waals surface area contributed by atoms with E-state index in [2.05, 4.69) is 6.58 Å². The SMILES string of the molecule is C=C(c1ccccc1)[C@H]1CCN(C)C(=O)[C@@]12CCCC2=O. The first-order chi connectivity index (χ1) is 10.1. The molecule has 21 heavy (non-hydrogen) atoms. The van der Waals surface area contributed by atoms with Gasteiger partial charge in [0.1, 0.15) is 11.2 Å². The van der Waals surface area contributed by atoms with Gasteiger partial charge in [0.25, 0.3) is 0 Å². The zero-order chi connectivity index (χ0) is 15.0. The van der Waals surface area contributed by atoms with Crippen molar-refractivity contribution in [1.82, 2.24) is 4.90 Å². The van der Waals surface area contributed by atoms with Crippen LogP contribution in [0.3, 0.4) is 0 Å². The van der Waals surface area contributed by atoms with Crippen LogP contribution in [0.1, 0.15) is 31.2 Å². The van der Waals surface area contributed by atoms with Crippen LogP contribution >= 0.6 is 0 Å². The van der Waals surface area contributed by atoms with E-state index in [-0.39, 0.29) is 17.6 Å². The molecule has 3 nitrogen and oxygen atoms in total. The molecule has 110 valence electrons. The standard InChI is InChI=1S/C18H21NO2/c1-13(14-7-4-3-5-8-14)15-10-12-19(2)17(21)18(15)11-6-9-16(18)20/h3-5,7-8,15H,1,6,9-12H2,2H3/t15-,18+/m1/s1. The predicted molar refractivity (Wildman–Crippen MR) is 82.5 cm³/mol. The van der Waals surface area contributed by atoms with Gasteiger partial charge in [0.15, 0.2) is 0 Å². The summed E-state index contributed by atoms with van der Waals surface area (Å²) >= 11 is 0. The van der Waals surface area contributed by atoms with Crippen LogP contribution in [0.5, 0.6) is 0 Å². The fraction of sp³-hybridized carbons (Fsp3) is 0.444. The van der Waals surface area contributed by atoms with Crippen LogP contribution in [0, 0.1) is 11.3 Å². The lowest BCUT2D eigenvalue weighted by Gasteiger charge is -2.43. The van der Waals surface area contributed by atoms with Gasteiger partial charge in [-0.15, -0.1) is 0 Å². The number of carbonyl (C=O) groups excluding carboxylic acids is 2. The molecule has 1 aromatic carbocycles. The number of ketones is 1. The summed E-state index contributed by atoms with van der Waals surface area (Å²) in [6.07, 6.45) is 2.84. The summed E-state index contributed by atoms with van der Waals surface area (Å²) in [6.45, 7) is 4.94. The summed E-state index contributed by atoms with van der Waals surface area (Å²) in [5.41, 5.74) is 1.13. The molecular formula is C18H21NO2. The molecule has 0 bridgehead atoms. The number of hydrogen-bond donors (Lipinski definition) is 0. The van der Waals surface area contributed by atoms with Crippen molar-refractivity contribution in [3.05, 3.63) is 42.5 Å². The number of allylic oxidation sites excluding steroid dienone is 1. The van der Waals surface area contributed by atoms with E-state index in [0.717, 1.165) is 24.0 Å². The number of benzene rings is 1. The van der Waals surface area contributed by atoms with Crippen LogP contribution in [0.25, 0.3) is 5.57 Å². The Labute approximate surface area is 125 Å². The fourth-order valence-corrected chi connectivity index (χ4v) is 3.97. The van der Waals surface area contributed by atoms with Gasteiger partial charge in [0.05, 0.1) is 0 Å². The molecule has 1 heterocycles. The van der Waals surface area contributed by atoms with E-state index in [1.165, 1.54) is 0 Å². The second-order valence-electron chi connectivity index (χ2n) is 6.21. The molecule has 1 aromatic rings. The Bertz CT molecular complexity index is 592. The van der Waals surface area contributed by atoms with Gasteiger partial charge < -0.3 is 4.90 Å². The number of amides is 1. The number of hydrogen-bond acceptors (Lipinski definition) is 2. The van der Waals surface area contributed by atoms with E-state index in [0.29, 0.717) is 19.4 Å². The topological polar surface area (TPSA) is 37.4 Å². The van der Waals surface area contributed by atoms with Crippen molar-refractivity contribution < 1.29 is 9.59 Å². The van der Waals surface area contributed by atoms with Gasteiger partial charge in [-0.3, -0.25) is 9.59 Å². The first kappa shape index (κ1) is 14.1. The van der Waals surface area contributed by atoms with E-state index in [9.17, 15) is 9.59 Å².